The van der Waals surface area contributed by atoms with Gasteiger partial charge in [0, 0.05) is 24.8 Å². The van der Waals surface area contributed by atoms with Crippen LogP contribution >= 0.6 is 0 Å². The van der Waals surface area contributed by atoms with Gasteiger partial charge in [0.25, 0.3) is 0 Å². The first-order valence-electron chi connectivity index (χ1n) is 13.0. The highest BCUT2D eigenvalue weighted by Crippen LogP contribution is 2.56. The number of nitrogens with one attached hydrogen (secondary N) is 1. The minimum atomic E-state index is -1.11. The van der Waals surface area contributed by atoms with E-state index in [0.717, 1.165) is 17.6 Å². The molecule has 3 N–H and O–H groups in total. The van der Waals surface area contributed by atoms with Crippen LogP contribution in [0, 0.1) is 29.1 Å². The van der Waals surface area contributed by atoms with E-state index in [1.165, 1.54) is 6.92 Å². The topological polar surface area (TPSA) is 95.9 Å². The molecule has 0 aromatic heterocycles. The number of ether oxygens (including phenoxy) is 1. The number of hydrogen-bond donors (Lipinski definition) is 3. The van der Waals surface area contributed by atoms with Gasteiger partial charge in [-0.25, -0.2) is 0 Å². The monoisotopic (exact) mass is 493 g/mol. The first-order chi connectivity index (χ1) is 17.1. The van der Waals surface area contributed by atoms with E-state index >= 15 is 0 Å². The summed E-state index contributed by atoms with van der Waals surface area (Å²) in [5.41, 5.74) is -0.227. The van der Waals surface area contributed by atoms with Crippen molar-refractivity contribution < 1.29 is 24.5 Å². The fourth-order valence-corrected chi connectivity index (χ4v) is 6.80. The van der Waals surface area contributed by atoms with Crippen molar-refractivity contribution in [1.82, 2.24) is 5.32 Å². The summed E-state index contributed by atoms with van der Waals surface area (Å²) in [7, 11) is 0. The van der Waals surface area contributed by atoms with E-state index in [4.69, 9.17) is 4.74 Å². The van der Waals surface area contributed by atoms with Gasteiger partial charge in [-0.05, 0) is 55.2 Å². The molecular weight excluding hydrogens is 454 g/mol. The van der Waals surface area contributed by atoms with Crippen molar-refractivity contribution in [1.29, 1.82) is 0 Å². The smallest absolute Gasteiger partial charge is 0.303 e. The largest absolute Gasteiger partial charge is 0.457 e. The van der Waals surface area contributed by atoms with Gasteiger partial charge >= 0.3 is 5.97 Å². The number of aliphatic hydroxyl groups is 2. The highest BCUT2D eigenvalue weighted by molar-refractivity contribution is 5.89. The Morgan fingerprint density at radius 2 is 1.92 bits per heavy atom. The van der Waals surface area contributed by atoms with E-state index in [2.05, 4.69) is 18.3 Å². The van der Waals surface area contributed by atoms with Gasteiger partial charge in [-0.3, -0.25) is 9.59 Å². The van der Waals surface area contributed by atoms with Gasteiger partial charge in [-0.1, -0.05) is 68.5 Å². The Hall–Kier alpha value is -2.70. The molecule has 3 aliphatic rings. The lowest BCUT2D eigenvalue weighted by Gasteiger charge is -2.48. The maximum Gasteiger partial charge on any atom is 0.303 e. The zero-order valence-electron chi connectivity index (χ0n) is 21.7. The fraction of sp³-hybridized carbons (Fsp3) is 0.533. The van der Waals surface area contributed by atoms with Gasteiger partial charge in [-0.15, -0.1) is 0 Å². The Bertz CT molecular complexity index is 1060. The third-order valence-corrected chi connectivity index (χ3v) is 8.28. The minimum absolute atomic E-state index is 0.0937. The van der Waals surface area contributed by atoms with Crippen LogP contribution in [0.15, 0.2) is 66.3 Å². The van der Waals surface area contributed by atoms with Crippen LogP contribution in [-0.4, -0.2) is 46.4 Å². The summed E-state index contributed by atoms with van der Waals surface area (Å²) in [5, 5.41) is 24.6. The Morgan fingerprint density at radius 3 is 2.58 bits per heavy atom. The summed E-state index contributed by atoms with van der Waals surface area (Å²) >= 11 is 0. The molecule has 1 heterocycles. The molecule has 2 aliphatic carbocycles. The molecule has 8 unspecified atom stereocenters. The molecule has 8 atom stereocenters. The predicted octanol–water partition coefficient (Wildman–Crippen LogP) is 3.74. The van der Waals surface area contributed by atoms with Crippen molar-refractivity contribution in [2.24, 2.45) is 29.1 Å². The number of esters is 1. The second-order valence-corrected chi connectivity index (χ2v) is 11.2. The molecule has 1 amide bonds. The quantitative estimate of drug-likeness (QED) is 0.439. The fourth-order valence-electron chi connectivity index (χ4n) is 6.80. The van der Waals surface area contributed by atoms with E-state index in [9.17, 15) is 19.8 Å². The highest BCUT2D eigenvalue weighted by atomic mass is 16.5. The SMILES string of the molecule is CC(=O)OC1C=CC(C)(O)CC(C)CC=CC2C=C(CO)C(C)C3C(Cc4ccccc4)NC(=O)C213. The molecule has 1 aliphatic heterocycles. The van der Waals surface area contributed by atoms with Crippen molar-refractivity contribution >= 4 is 11.9 Å². The standard InChI is InChI=1S/C30H39NO5/c1-19-9-8-12-24-16-23(18-32)20(2)27-25(15-22-10-6-5-7-11-22)31-28(34)30(24,27)26(36-21(3)33)13-14-29(4,35)17-19/h5-8,10-14,16,19-20,24-27,32,35H,9,15,17-18H2,1-4H3,(H,31,34). The molecule has 0 saturated carbocycles. The molecule has 6 nitrogen and oxygen atoms in total. The number of amides is 1. The van der Waals surface area contributed by atoms with Crippen molar-refractivity contribution in [2.75, 3.05) is 6.61 Å². The van der Waals surface area contributed by atoms with Gasteiger partial charge < -0.3 is 20.3 Å². The lowest BCUT2D eigenvalue weighted by Crippen LogP contribution is -2.55. The summed E-state index contributed by atoms with van der Waals surface area (Å²) < 4.78 is 5.92. The average Bonchev–Trinajstić information content (AvgIpc) is 3.10. The summed E-state index contributed by atoms with van der Waals surface area (Å²) in [6, 6.07) is 9.81. The molecule has 0 bridgehead atoms. The second-order valence-electron chi connectivity index (χ2n) is 11.2. The van der Waals surface area contributed by atoms with Gasteiger partial charge in [0.15, 0.2) is 0 Å². The molecular formula is C30H39NO5. The van der Waals surface area contributed by atoms with E-state index < -0.39 is 23.1 Å². The van der Waals surface area contributed by atoms with Crippen LogP contribution in [0.4, 0.5) is 0 Å². The third kappa shape index (κ3) is 4.94. The molecule has 194 valence electrons. The number of carbonyl (C=O) groups excluding carboxylic acids is 2. The molecule has 1 aromatic carbocycles. The van der Waals surface area contributed by atoms with Gasteiger partial charge in [0.1, 0.15) is 11.5 Å². The third-order valence-electron chi connectivity index (χ3n) is 8.28. The predicted molar refractivity (Wildman–Crippen MR) is 139 cm³/mol. The molecule has 36 heavy (non-hydrogen) atoms. The van der Waals surface area contributed by atoms with Crippen molar-refractivity contribution in [3.8, 4) is 0 Å². The van der Waals surface area contributed by atoms with Crippen molar-refractivity contribution in [3.05, 3.63) is 71.8 Å². The van der Waals surface area contributed by atoms with E-state index in [1.54, 1.807) is 19.1 Å². The molecule has 4 rings (SSSR count). The van der Waals surface area contributed by atoms with Gasteiger partial charge in [0.05, 0.1) is 12.2 Å². The summed E-state index contributed by atoms with van der Waals surface area (Å²) in [6.45, 7) is 7.14. The maximum atomic E-state index is 14.1. The first kappa shape index (κ1) is 26.4. The average molecular weight is 494 g/mol. The Morgan fingerprint density at radius 1 is 1.19 bits per heavy atom. The summed E-state index contributed by atoms with van der Waals surface area (Å²) in [6.07, 6.45) is 10.6. The minimum Gasteiger partial charge on any atom is -0.457 e. The van der Waals surface area contributed by atoms with Gasteiger partial charge in [-0.2, -0.15) is 0 Å². The van der Waals surface area contributed by atoms with Gasteiger partial charge in [0.2, 0.25) is 5.91 Å². The van der Waals surface area contributed by atoms with Crippen LogP contribution in [0.25, 0.3) is 0 Å². The van der Waals surface area contributed by atoms with E-state index in [1.807, 2.05) is 49.4 Å². The Kier molecular flexibility index (Phi) is 7.58. The Balaban J connectivity index is 1.92. The number of allylic oxidation sites excluding steroid dienone is 3. The molecule has 0 radical (unpaired) electrons. The van der Waals surface area contributed by atoms with Crippen molar-refractivity contribution in [3.63, 3.8) is 0 Å². The van der Waals surface area contributed by atoms with Crippen molar-refractivity contribution in [2.45, 2.75) is 64.7 Å². The lowest BCUT2D eigenvalue weighted by atomic mass is 9.54. The highest BCUT2D eigenvalue weighted by Gasteiger charge is 2.66. The van der Waals surface area contributed by atoms with E-state index in [0.29, 0.717) is 12.8 Å². The molecule has 1 aromatic rings. The normalized spacial score (nSPS) is 38.3. The zero-order chi connectivity index (χ0) is 26.1. The van der Waals surface area contributed by atoms with Crippen LogP contribution < -0.4 is 5.32 Å². The number of carbonyl (C=O) groups is 2. The maximum absolute atomic E-state index is 14.1. The first-order valence-corrected chi connectivity index (χ1v) is 13.0. The molecule has 1 saturated heterocycles. The van der Waals surface area contributed by atoms with Crippen LogP contribution in [-0.2, 0) is 20.7 Å². The number of benzene rings is 1. The second kappa shape index (κ2) is 10.3. The van der Waals surface area contributed by atoms with Crippen LogP contribution in [0.2, 0.25) is 0 Å². The number of aliphatic hydroxyl groups excluding tert-OH is 1. The van der Waals surface area contributed by atoms with Crippen LogP contribution in [0.5, 0.6) is 0 Å². The van der Waals surface area contributed by atoms with E-state index in [-0.39, 0.29) is 42.2 Å². The molecule has 1 spiro atoms. The lowest BCUT2D eigenvalue weighted by molar-refractivity contribution is -0.159. The molecule has 6 heteroatoms. The summed E-state index contributed by atoms with van der Waals surface area (Å²) in [4.78, 5) is 26.5. The Labute approximate surface area is 214 Å². The van der Waals surface area contributed by atoms with Crippen LogP contribution in [0.3, 0.4) is 0 Å². The number of hydrogen-bond acceptors (Lipinski definition) is 5. The van der Waals surface area contributed by atoms with Crippen LogP contribution in [0.1, 0.15) is 46.1 Å². The molecule has 1 fully saturated rings. The summed E-state index contributed by atoms with van der Waals surface area (Å²) in [5.74, 6) is -1.18. The number of rotatable bonds is 4. The zero-order valence-corrected chi connectivity index (χ0v) is 21.7.